The molecule has 1 N–H and O–H groups in total. The highest BCUT2D eigenvalue weighted by Gasteiger charge is 2.22. The second-order valence-corrected chi connectivity index (χ2v) is 9.37. The van der Waals surface area contributed by atoms with E-state index < -0.39 is 11.7 Å². The molecule has 1 aliphatic heterocycles. The highest BCUT2D eigenvalue weighted by Crippen LogP contribution is 2.23. The van der Waals surface area contributed by atoms with Crippen molar-refractivity contribution in [2.24, 2.45) is 0 Å². The van der Waals surface area contributed by atoms with Crippen LogP contribution < -0.4 is 10.1 Å². The van der Waals surface area contributed by atoms with E-state index in [1.165, 1.54) is 0 Å². The molecule has 33 heavy (non-hydrogen) atoms. The van der Waals surface area contributed by atoms with Gasteiger partial charge in [0.05, 0.1) is 5.02 Å². The summed E-state index contributed by atoms with van der Waals surface area (Å²) >= 11 is 6.12. The number of piperazine rings is 1. The quantitative estimate of drug-likeness (QED) is 0.652. The van der Waals surface area contributed by atoms with E-state index in [2.05, 4.69) is 10.2 Å². The van der Waals surface area contributed by atoms with E-state index in [1.54, 1.807) is 12.1 Å². The number of amides is 2. The summed E-state index contributed by atoms with van der Waals surface area (Å²) in [5.41, 5.74) is 1.01. The fraction of sp³-hybridized carbons (Fsp3) is 0.440. The molecular weight excluding hydrogens is 442 g/mol. The summed E-state index contributed by atoms with van der Waals surface area (Å²) < 4.78 is 11.0. The maximum absolute atomic E-state index is 12.9. The van der Waals surface area contributed by atoms with E-state index in [0.29, 0.717) is 42.6 Å². The fourth-order valence-electron chi connectivity index (χ4n) is 3.46. The van der Waals surface area contributed by atoms with Crippen LogP contribution in [0.15, 0.2) is 48.5 Å². The number of para-hydroxylation sites is 1. The van der Waals surface area contributed by atoms with Crippen LogP contribution in [0.3, 0.4) is 0 Å². The van der Waals surface area contributed by atoms with Gasteiger partial charge >= 0.3 is 6.09 Å². The van der Waals surface area contributed by atoms with Crippen molar-refractivity contribution in [2.75, 3.05) is 39.3 Å². The zero-order valence-corrected chi connectivity index (χ0v) is 20.2. The van der Waals surface area contributed by atoms with Crippen LogP contribution in [0.25, 0.3) is 0 Å². The molecule has 0 unspecified atom stereocenters. The summed E-state index contributed by atoms with van der Waals surface area (Å²) in [6, 6.07) is 14.8. The first-order valence-corrected chi connectivity index (χ1v) is 11.5. The molecule has 0 aliphatic carbocycles. The van der Waals surface area contributed by atoms with Gasteiger partial charge in [-0.05, 0) is 50.6 Å². The molecule has 2 aromatic rings. The van der Waals surface area contributed by atoms with E-state index >= 15 is 0 Å². The topological polar surface area (TPSA) is 71.1 Å². The van der Waals surface area contributed by atoms with Gasteiger partial charge in [-0.1, -0.05) is 35.9 Å². The highest BCUT2D eigenvalue weighted by molar-refractivity contribution is 6.32. The zero-order valence-electron chi connectivity index (χ0n) is 19.5. The van der Waals surface area contributed by atoms with Crippen molar-refractivity contribution in [3.63, 3.8) is 0 Å². The van der Waals surface area contributed by atoms with Crippen LogP contribution >= 0.6 is 11.6 Å². The third kappa shape index (κ3) is 7.94. The van der Waals surface area contributed by atoms with Crippen molar-refractivity contribution in [3.8, 4) is 5.75 Å². The lowest BCUT2D eigenvalue weighted by Crippen LogP contribution is -2.49. The molecule has 8 heteroatoms. The van der Waals surface area contributed by atoms with Gasteiger partial charge in [-0.2, -0.15) is 0 Å². The normalized spacial score (nSPS) is 14.6. The van der Waals surface area contributed by atoms with Crippen molar-refractivity contribution in [1.29, 1.82) is 0 Å². The van der Waals surface area contributed by atoms with E-state index in [-0.39, 0.29) is 5.91 Å². The summed E-state index contributed by atoms with van der Waals surface area (Å²) in [6.07, 6.45) is -0.460. The summed E-state index contributed by atoms with van der Waals surface area (Å²) in [4.78, 5) is 28.8. The molecule has 1 saturated heterocycles. The van der Waals surface area contributed by atoms with Gasteiger partial charge in [0.2, 0.25) is 0 Å². The van der Waals surface area contributed by atoms with Gasteiger partial charge in [0.1, 0.15) is 18.0 Å². The molecule has 3 rings (SSSR count). The zero-order chi connectivity index (χ0) is 23.8. The van der Waals surface area contributed by atoms with Crippen LogP contribution in [0, 0.1) is 0 Å². The average Bonchev–Trinajstić information content (AvgIpc) is 2.78. The Balaban J connectivity index is 1.40. The number of rotatable bonds is 7. The SMILES string of the molecule is CC(C)(C)OC(=O)NCc1ccc(C(=O)N2CCN(CCOc3ccccc3Cl)CC2)cc1. The Labute approximate surface area is 200 Å². The second-order valence-electron chi connectivity index (χ2n) is 8.97. The van der Waals surface area contributed by atoms with Crippen LogP contribution in [0.4, 0.5) is 4.79 Å². The fourth-order valence-corrected chi connectivity index (χ4v) is 3.65. The number of hydrogen-bond acceptors (Lipinski definition) is 5. The van der Waals surface area contributed by atoms with Crippen LogP contribution in [-0.4, -0.2) is 66.7 Å². The van der Waals surface area contributed by atoms with Crippen molar-refractivity contribution in [3.05, 3.63) is 64.7 Å². The monoisotopic (exact) mass is 473 g/mol. The number of hydrogen-bond donors (Lipinski definition) is 1. The Morgan fingerprint density at radius 3 is 2.30 bits per heavy atom. The minimum absolute atomic E-state index is 0.0219. The summed E-state index contributed by atoms with van der Waals surface area (Å²) in [6.45, 7) is 10.1. The van der Waals surface area contributed by atoms with Gasteiger partial charge in [-0.3, -0.25) is 9.69 Å². The number of benzene rings is 2. The molecule has 1 fully saturated rings. The Morgan fingerprint density at radius 2 is 1.67 bits per heavy atom. The lowest BCUT2D eigenvalue weighted by atomic mass is 10.1. The first-order valence-electron chi connectivity index (χ1n) is 11.2. The molecule has 0 radical (unpaired) electrons. The molecule has 7 nitrogen and oxygen atoms in total. The molecular formula is C25H32ClN3O4. The Morgan fingerprint density at radius 1 is 1.00 bits per heavy atom. The number of alkyl carbamates (subject to hydrolysis) is 1. The summed E-state index contributed by atoms with van der Waals surface area (Å²) in [5, 5.41) is 3.33. The molecule has 178 valence electrons. The maximum Gasteiger partial charge on any atom is 0.407 e. The van der Waals surface area contributed by atoms with E-state index in [4.69, 9.17) is 21.1 Å². The molecule has 1 heterocycles. The highest BCUT2D eigenvalue weighted by atomic mass is 35.5. The lowest BCUT2D eigenvalue weighted by molar-refractivity contribution is 0.0522. The average molecular weight is 474 g/mol. The lowest BCUT2D eigenvalue weighted by Gasteiger charge is -2.34. The molecule has 2 amide bonds. The summed E-state index contributed by atoms with van der Waals surface area (Å²) in [7, 11) is 0. The van der Waals surface area contributed by atoms with E-state index in [1.807, 2.05) is 62.1 Å². The van der Waals surface area contributed by atoms with Crippen molar-refractivity contribution < 1.29 is 19.1 Å². The standard InChI is InChI=1S/C25H32ClN3O4/c1-25(2,3)33-24(31)27-18-19-8-10-20(11-9-19)23(30)29-14-12-28(13-15-29)16-17-32-22-7-5-4-6-21(22)26/h4-11H,12-18H2,1-3H3,(H,27,31). The second kappa shape index (κ2) is 11.4. The van der Waals surface area contributed by atoms with Gasteiger partial charge in [0.25, 0.3) is 5.91 Å². The van der Waals surface area contributed by atoms with E-state index in [9.17, 15) is 9.59 Å². The third-order valence-corrected chi connectivity index (χ3v) is 5.51. The predicted molar refractivity (Wildman–Crippen MR) is 129 cm³/mol. The van der Waals surface area contributed by atoms with Crippen LogP contribution in [0.1, 0.15) is 36.7 Å². The molecule has 1 aliphatic rings. The molecule has 0 bridgehead atoms. The van der Waals surface area contributed by atoms with Crippen LogP contribution in [0.2, 0.25) is 5.02 Å². The van der Waals surface area contributed by atoms with Gasteiger partial charge in [-0.25, -0.2) is 4.79 Å². The largest absolute Gasteiger partial charge is 0.491 e. The van der Waals surface area contributed by atoms with Gasteiger partial charge in [-0.15, -0.1) is 0 Å². The first-order chi connectivity index (χ1) is 15.7. The molecule has 0 saturated carbocycles. The molecule has 0 atom stereocenters. The van der Waals surface area contributed by atoms with Gasteiger partial charge < -0.3 is 19.7 Å². The minimum Gasteiger partial charge on any atom is -0.491 e. The van der Waals surface area contributed by atoms with E-state index in [0.717, 1.165) is 25.2 Å². The molecule has 2 aromatic carbocycles. The predicted octanol–water partition coefficient (Wildman–Crippen LogP) is 4.20. The number of ether oxygens (including phenoxy) is 2. The maximum atomic E-state index is 12.9. The van der Waals surface area contributed by atoms with Crippen molar-refractivity contribution in [1.82, 2.24) is 15.1 Å². The smallest absolute Gasteiger partial charge is 0.407 e. The minimum atomic E-state index is -0.535. The summed E-state index contributed by atoms with van der Waals surface area (Å²) in [5.74, 6) is 0.714. The van der Waals surface area contributed by atoms with Crippen molar-refractivity contribution >= 4 is 23.6 Å². The number of carbonyl (C=O) groups is 2. The molecule has 0 aromatic heterocycles. The Kier molecular flexibility index (Phi) is 8.58. The third-order valence-electron chi connectivity index (χ3n) is 5.20. The number of nitrogens with zero attached hydrogens (tertiary/aromatic N) is 2. The number of halogens is 1. The van der Waals surface area contributed by atoms with Gasteiger partial charge in [0.15, 0.2) is 0 Å². The Hall–Kier alpha value is -2.77. The van der Waals surface area contributed by atoms with Crippen molar-refractivity contribution in [2.45, 2.75) is 32.9 Å². The Bertz CT molecular complexity index is 935. The number of nitrogens with one attached hydrogen (secondary N) is 1. The van der Waals surface area contributed by atoms with Gasteiger partial charge in [0, 0.05) is 44.8 Å². The first kappa shape index (κ1) is 24.9. The number of carbonyl (C=O) groups excluding carboxylic acids is 2. The van der Waals surface area contributed by atoms with Crippen LogP contribution in [-0.2, 0) is 11.3 Å². The molecule has 0 spiro atoms. The van der Waals surface area contributed by atoms with Crippen LogP contribution in [0.5, 0.6) is 5.75 Å².